The molecule has 5 nitrogen and oxygen atoms in total. The van der Waals surface area contributed by atoms with Gasteiger partial charge in [-0.15, -0.1) is 0 Å². The standard InChI is InChI=1S/C27H32N4O/c1-20(2)22-10-8-21(9-11-22)17-31-13-5-12-27(18-31,26(28)32)14-23-6-3-4-7-25(23)24-15-29-19-30-16-24/h3-4,6-11,15-16,19-20H,5,12-14,17-18H2,1-2H3,(H2,28,32). The lowest BCUT2D eigenvalue weighted by atomic mass is 9.73. The van der Waals surface area contributed by atoms with E-state index in [2.05, 4.69) is 65.1 Å². The Morgan fingerprint density at radius 3 is 2.50 bits per heavy atom. The van der Waals surface area contributed by atoms with Crippen molar-refractivity contribution in [3.8, 4) is 11.1 Å². The Labute approximate surface area is 190 Å². The zero-order valence-corrected chi connectivity index (χ0v) is 19.0. The van der Waals surface area contributed by atoms with E-state index in [1.54, 1.807) is 0 Å². The fourth-order valence-electron chi connectivity index (χ4n) is 4.82. The van der Waals surface area contributed by atoms with Crippen molar-refractivity contribution < 1.29 is 4.79 Å². The van der Waals surface area contributed by atoms with Crippen LogP contribution in [0.15, 0.2) is 67.3 Å². The highest BCUT2D eigenvalue weighted by molar-refractivity contribution is 5.82. The van der Waals surface area contributed by atoms with Gasteiger partial charge < -0.3 is 5.73 Å². The molecular weight excluding hydrogens is 396 g/mol. The molecular formula is C27H32N4O. The zero-order valence-electron chi connectivity index (χ0n) is 19.0. The van der Waals surface area contributed by atoms with Crippen molar-refractivity contribution in [1.29, 1.82) is 0 Å². The second kappa shape index (κ2) is 9.61. The summed E-state index contributed by atoms with van der Waals surface area (Å²) in [5.41, 5.74) is 11.2. The van der Waals surface area contributed by atoms with Crippen LogP contribution in [0, 0.1) is 5.41 Å². The average molecular weight is 429 g/mol. The van der Waals surface area contributed by atoms with Gasteiger partial charge in [0.25, 0.3) is 0 Å². The maximum atomic E-state index is 12.8. The van der Waals surface area contributed by atoms with Crippen LogP contribution in [-0.4, -0.2) is 33.9 Å². The molecule has 1 aliphatic rings. The van der Waals surface area contributed by atoms with Gasteiger partial charge in [0.1, 0.15) is 6.33 Å². The molecule has 0 bridgehead atoms. The molecule has 1 atom stereocenters. The smallest absolute Gasteiger partial charge is 0.225 e. The van der Waals surface area contributed by atoms with E-state index >= 15 is 0 Å². The highest BCUT2D eigenvalue weighted by atomic mass is 16.1. The van der Waals surface area contributed by atoms with Crippen LogP contribution in [0.25, 0.3) is 11.1 Å². The Balaban J connectivity index is 1.56. The number of carbonyl (C=O) groups excluding carboxylic acids is 1. The van der Waals surface area contributed by atoms with Gasteiger partial charge in [-0.05, 0) is 54.0 Å². The number of piperidine rings is 1. The molecule has 5 heteroatoms. The third kappa shape index (κ3) is 4.89. The van der Waals surface area contributed by atoms with Gasteiger partial charge in [0, 0.05) is 31.0 Å². The average Bonchev–Trinajstić information content (AvgIpc) is 2.80. The summed E-state index contributed by atoms with van der Waals surface area (Å²) in [4.78, 5) is 23.5. The summed E-state index contributed by atoms with van der Waals surface area (Å²) in [6.07, 6.45) is 7.56. The van der Waals surface area contributed by atoms with Crippen LogP contribution in [0.4, 0.5) is 0 Å². The van der Waals surface area contributed by atoms with Crippen LogP contribution in [0.5, 0.6) is 0 Å². The van der Waals surface area contributed by atoms with Crippen molar-refractivity contribution in [2.24, 2.45) is 11.1 Å². The largest absolute Gasteiger partial charge is 0.369 e. The van der Waals surface area contributed by atoms with Gasteiger partial charge in [-0.25, -0.2) is 9.97 Å². The molecule has 4 rings (SSSR count). The number of primary amides is 1. The Bertz CT molecular complexity index is 1050. The van der Waals surface area contributed by atoms with Crippen LogP contribution < -0.4 is 5.73 Å². The molecule has 0 saturated carbocycles. The van der Waals surface area contributed by atoms with E-state index < -0.39 is 5.41 Å². The lowest BCUT2D eigenvalue weighted by Crippen LogP contribution is -2.51. The minimum Gasteiger partial charge on any atom is -0.369 e. The second-order valence-corrected chi connectivity index (χ2v) is 9.32. The summed E-state index contributed by atoms with van der Waals surface area (Å²) in [6, 6.07) is 17.0. The summed E-state index contributed by atoms with van der Waals surface area (Å²) in [6.45, 7) is 6.91. The number of hydrogen-bond acceptors (Lipinski definition) is 4. The maximum Gasteiger partial charge on any atom is 0.225 e. The predicted molar refractivity (Wildman–Crippen MR) is 128 cm³/mol. The predicted octanol–water partition coefficient (Wildman–Crippen LogP) is 4.58. The quantitative estimate of drug-likeness (QED) is 0.598. The maximum absolute atomic E-state index is 12.8. The number of nitrogens with two attached hydrogens (primary N) is 1. The fraction of sp³-hybridized carbons (Fsp3) is 0.370. The van der Waals surface area contributed by atoms with Crippen LogP contribution in [0.1, 0.15) is 49.3 Å². The van der Waals surface area contributed by atoms with E-state index in [1.807, 2.05) is 24.5 Å². The van der Waals surface area contributed by atoms with Gasteiger partial charge in [-0.2, -0.15) is 0 Å². The van der Waals surface area contributed by atoms with Gasteiger partial charge >= 0.3 is 0 Å². The van der Waals surface area contributed by atoms with E-state index in [0.29, 0.717) is 18.9 Å². The number of aromatic nitrogens is 2. The molecule has 2 aromatic carbocycles. The van der Waals surface area contributed by atoms with Crippen molar-refractivity contribution in [2.75, 3.05) is 13.1 Å². The van der Waals surface area contributed by atoms with E-state index in [1.165, 1.54) is 17.5 Å². The van der Waals surface area contributed by atoms with E-state index in [9.17, 15) is 4.79 Å². The monoisotopic (exact) mass is 428 g/mol. The lowest BCUT2D eigenvalue weighted by Gasteiger charge is -2.41. The van der Waals surface area contributed by atoms with Gasteiger partial charge in [-0.3, -0.25) is 9.69 Å². The molecule has 32 heavy (non-hydrogen) atoms. The third-order valence-electron chi connectivity index (χ3n) is 6.65. The Hall–Kier alpha value is -3.05. The van der Waals surface area contributed by atoms with Crippen LogP contribution in [0.2, 0.25) is 0 Å². The number of carbonyl (C=O) groups is 1. The van der Waals surface area contributed by atoms with E-state index in [4.69, 9.17) is 5.73 Å². The number of amides is 1. The molecule has 2 heterocycles. The SMILES string of the molecule is CC(C)c1ccc(CN2CCCC(Cc3ccccc3-c3cncnc3)(C(N)=O)C2)cc1. The number of hydrogen-bond donors (Lipinski definition) is 1. The normalized spacial score (nSPS) is 19.2. The van der Waals surface area contributed by atoms with Crippen LogP contribution in [-0.2, 0) is 17.8 Å². The first kappa shape index (κ1) is 22.2. The molecule has 3 aromatic rings. The first-order valence-corrected chi connectivity index (χ1v) is 11.4. The second-order valence-electron chi connectivity index (χ2n) is 9.32. The van der Waals surface area contributed by atoms with Gasteiger partial charge in [0.15, 0.2) is 0 Å². The summed E-state index contributed by atoms with van der Waals surface area (Å²) in [5.74, 6) is 0.313. The highest BCUT2D eigenvalue weighted by Crippen LogP contribution is 2.37. The third-order valence-corrected chi connectivity index (χ3v) is 6.65. The minimum atomic E-state index is -0.581. The number of nitrogens with zero attached hydrogens (tertiary/aromatic N) is 3. The summed E-state index contributed by atoms with van der Waals surface area (Å²) in [7, 11) is 0. The summed E-state index contributed by atoms with van der Waals surface area (Å²) >= 11 is 0. The molecule has 0 spiro atoms. The first-order chi connectivity index (χ1) is 15.5. The number of rotatable bonds is 7. The van der Waals surface area contributed by atoms with Gasteiger partial charge in [0.2, 0.25) is 5.91 Å². The molecule has 1 saturated heterocycles. The van der Waals surface area contributed by atoms with Crippen LogP contribution in [0.3, 0.4) is 0 Å². The van der Waals surface area contributed by atoms with Crippen molar-refractivity contribution in [3.05, 3.63) is 83.9 Å². The highest BCUT2D eigenvalue weighted by Gasteiger charge is 2.41. The molecule has 1 fully saturated rings. The Morgan fingerprint density at radius 2 is 1.81 bits per heavy atom. The van der Waals surface area contributed by atoms with Crippen LogP contribution >= 0.6 is 0 Å². The molecule has 0 aliphatic carbocycles. The van der Waals surface area contributed by atoms with Gasteiger partial charge in [0.05, 0.1) is 5.41 Å². The molecule has 1 amide bonds. The topological polar surface area (TPSA) is 72.1 Å². The molecule has 2 N–H and O–H groups in total. The van der Waals surface area contributed by atoms with E-state index in [-0.39, 0.29) is 5.91 Å². The lowest BCUT2D eigenvalue weighted by molar-refractivity contribution is -0.131. The first-order valence-electron chi connectivity index (χ1n) is 11.4. The number of benzene rings is 2. The number of likely N-dealkylation sites (tertiary alicyclic amines) is 1. The van der Waals surface area contributed by atoms with Crippen molar-refractivity contribution in [2.45, 2.75) is 45.6 Å². The van der Waals surface area contributed by atoms with Gasteiger partial charge in [-0.1, -0.05) is 62.4 Å². The van der Waals surface area contributed by atoms with Crippen molar-refractivity contribution in [3.63, 3.8) is 0 Å². The van der Waals surface area contributed by atoms with Crippen molar-refractivity contribution >= 4 is 5.91 Å². The Kier molecular flexibility index (Phi) is 6.66. The zero-order chi connectivity index (χ0) is 22.6. The summed E-state index contributed by atoms with van der Waals surface area (Å²) in [5, 5.41) is 0. The Morgan fingerprint density at radius 1 is 1.09 bits per heavy atom. The molecule has 0 radical (unpaired) electrons. The molecule has 1 aromatic heterocycles. The minimum absolute atomic E-state index is 0.212. The van der Waals surface area contributed by atoms with Crippen molar-refractivity contribution in [1.82, 2.24) is 14.9 Å². The fourth-order valence-corrected chi connectivity index (χ4v) is 4.82. The van der Waals surface area contributed by atoms with E-state index in [0.717, 1.165) is 42.6 Å². The molecule has 1 unspecified atom stereocenters. The summed E-state index contributed by atoms with van der Waals surface area (Å²) < 4.78 is 0. The molecule has 166 valence electrons. The molecule has 1 aliphatic heterocycles.